The van der Waals surface area contributed by atoms with Crippen LogP contribution in [-0.2, 0) is 15.8 Å². The molecule has 124 valence electrons. The van der Waals surface area contributed by atoms with Crippen LogP contribution in [0.3, 0.4) is 0 Å². The standard InChI is InChI=1S/C19H25NO2S/c1-15(2)13-19(17-10-5-4-6-11-17)20-23(21,22)14-18-12-8-7-9-16(18)3/h4-12,15,19-20H,13-14H2,1-3H3. The monoisotopic (exact) mass is 331 g/mol. The van der Waals surface area contributed by atoms with Gasteiger partial charge in [-0.25, -0.2) is 13.1 Å². The lowest BCUT2D eigenvalue weighted by Gasteiger charge is -2.21. The summed E-state index contributed by atoms with van der Waals surface area (Å²) in [6.45, 7) is 6.14. The molecule has 0 radical (unpaired) electrons. The fraction of sp³-hybridized carbons (Fsp3) is 0.368. The van der Waals surface area contributed by atoms with E-state index in [9.17, 15) is 8.42 Å². The zero-order valence-electron chi connectivity index (χ0n) is 14.0. The Balaban J connectivity index is 2.19. The van der Waals surface area contributed by atoms with Gasteiger partial charge in [0.1, 0.15) is 0 Å². The molecule has 0 aliphatic heterocycles. The first-order chi connectivity index (χ1) is 10.9. The van der Waals surface area contributed by atoms with E-state index in [0.29, 0.717) is 5.92 Å². The molecule has 4 heteroatoms. The third-order valence-electron chi connectivity index (χ3n) is 3.84. The first kappa shape index (κ1) is 17.7. The van der Waals surface area contributed by atoms with Gasteiger partial charge < -0.3 is 0 Å². The highest BCUT2D eigenvalue weighted by atomic mass is 32.2. The number of benzene rings is 2. The van der Waals surface area contributed by atoms with Crippen LogP contribution in [0.2, 0.25) is 0 Å². The molecule has 0 fully saturated rings. The van der Waals surface area contributed by atoms with E-state index in [0.717, 1.165) is 23.1 Å². The number of sulfonamides is 1. The fourth-order valence-electron chi connectivity index (χ4n) is 2.64. The smallest absolute Gasteiger partial charge is 0.212 e. The van der Waals surface area contributed by atoms with Crippen molar-refractivity contribution in [1.29, 1.82) is 0 Å². The fourth-order valence-corrected chi connectivity index (χ4v) is 4.13. The van der Waals surface area contributed by atoms with Crippen LogP contribution in [0.25, 0.3) is 0 Å². The molecule has 3 nitrogen and oxygen atoms in total. The van der Waals surface area contributed by atoms with Crippen molar-refractivity contribution in [2.45, 2.75) is 39.0 Å². The molecule has 23 heavy (non-hydrogen) atoms. The maximum Gasteiger partial charge on any atom is 0.216 e. The molecular formula is C19H25NO2S. The molecule has 0 spiro atoms. The summed E-state index contributed by atoms with van der Waals surface area (Å²) in [4.78, 5) is 0. The number of hydrogen-bond donors (Lipinski definition) is 1. The Morgan fingerprint density at radius 1 is 0.957 bits per heavy atom. The molecule has 2 aromatic carbocycles. The van der Waals surface area contributed by atoms with Gasteiger partial charge in [0.05, 0.1) is 5.75 Å². The highest BCUT2D eigenvalue weighted by molar-refractivity contribution is 7.88. The molecule has 0 saturated carbocycles. The average Bonchev–Trinajstić information content (AvgIpc) is 2.49. The summed E-state index contributed by atoms with van der Waals surface area (Å²) in [6.07, 6.45) is 0.775. The summed E-state index contributed by atoms with van der Waals surface area (Å²) in [5.41, 5.74) is 2.85. The van der Waals surface area contributed by atoms with Crippen molar-refractivity contribution in [2.75, 3.05) is 0 Å². The van der Waals surface area contributed by atoms with Crippen LogP contribution in [0.4, 0.5) is 0 Å². The van der Waals surface area contributed by atoms with E-state index in [1.54, 1.807) is 0 Å². The molecular weight excluding hydrogens is 306 g/mol. The van der Waals surface area contributed by atoms with Crippen molar-refractivity contribution in [2.24, 2.45) is 5.92 Å². The van der Waals surface area contributed by atoms with Crippen LogP contribution >= 0.6 is 0 Å². The minimum absolute atomic E-state index is 0.0150. The van der Waals surface area contributed by atoms with Crippen molar-refractivity contribution in [1.82, 2.24) is 4.72 Å². The summed E-state index contributed by atoms with van der Waals surface area (Å²) >= 11 is 0. The van der Waals surface area contributed by atoms with E-state index in [-0.39, 0.29) is 11.8 Å². The highest BCUT2D eigenvalue weighted by Gasteiger charge is 2.21. The maximum atomic E-state index is 12.6. The first-order valence-electron chi connectivity index (χ1n) is 7.97. The molecule has 1 atom stereocenters. The largest absolute Gasteiger partial charge is 0.216 e. The van der Waals surface area contributed by atoms with Gasteiger partial charge in [-0.05, 0) is 36.0 Å². The zero-order chi connectivity index (χ0) is 16.9. The van der Waals surface area contributed by atoms with Gasteiger partial charge in [0.2, 0.25) is 10.0 Å². The third-order valence-corrected chi connectivity index (χ3v) is 5.17. The minimum Gasteiger partial charge on any atom is -0.212 e. The van der Waals surface area contributed by atoms with Gasteiger partial charge in [0, 0.05) is 6.04 Å². The second-order valence-corrected chi connectivity index (χ2v) is 8.15. The van der Waals surface area contributed by atoms with Gasteiger partial charge >= 0.3 is 0 Å². The third kappa shape index (κ3) is 5.48. The van der Waals surface area contributed by atoms with E-state index in [2.05, 4.69) is 18.6 Å². The average molecular weight is 331 g/mol. The van der Waals surface area contributed by atoms with E-state index in [4.69, 9.17) is 0 Å². The Kier molecular flexibility index (Phi) is 5.97. The summed E-state index contributed by atoms with van der Waals surface area (Å²) < 4.78 is 28.1. The molecule has 0 bridgehead atoms. The van der Waals surface area contributed by atoms with Crippen molar-refractivity contribution in [3.05, 3.63) is 71.3 Å². The maximum absolute atomic E-state index is 12.6. The lowest BCUT2D eigenvalue weighted by molar-refractivity contribution is 0.471. The number of rotatable bonds is 7. The Bertz CT molecular complexity index is 724. The van der Waals surface area contributed by atoms with E-state index in [1.165, 1.54) is 0 Å². The second kappa shape index (κ2) is 7.75. The zero-order valence-corrected chi connectivity index (χ0v) is 14.8. The molecule has 2 rings (SSSR count). The lowest BCUT2D eigenvalue weighted by Crippen LogP contribution is -2.30. The van der Waals surface area contributed by atoms with Crippen LogP contribution in [0, 0.1) is 12.8 Å². The Labute approximate surface area is 139 Å². The topological polar surface area (TPSA) is 46.2 Å². The molecule has 0 heterocycles. The predicted octanol–water partition coefficient (Wildman–Crippen LogP) is 4.20. The Morgan fingerprint density at radius 3 is 2.17 bits per heavy atom. The number of aryl methyl sites for hydroxylation is 1. The van der Waals surface area contributed by atoms with Gasteiger partial charge in [-0.2, -0.15) is 0 Å². The van der Waals surface area contributed by atoms with Crippen molar-refractivity contribution < 1.29 is 8.42 Å². The molecule has 0 aliphatic rings. The first-order valence-corrected chi connectivity index (χ1v) is 9.62. The summed E-state index contributed by atoms with van der Waals surface area (Å²) in [6, 6.07) is 17.2. The molecule has 1 unspecified atom stereocenters. The van der Waals surface area contributed by atoms with Gasteiger partial charge in [-0.1, -0.05) is 68.4 Å². The normalized spacial score (nSPS) is 13.2. The highest BCUT2D eigenvalue weighted by Crippen LogP contribution is 2.23. The molecule has 2 aromatic rings. The van der Waals surface area contributed by atoms with E-state index < -0.39 is 10.0 Å². The minimum atomic E-state index is -3.40. The Hall–Kier alpha value is -1.65. The number of hydrogen-bond acceptors (Lipinski definition) is 2. The van der Waals surface area contributed by atoms with E-state index >= 15 is 0 Å². The van der Waals surface area contributed by atoms with Crippen LogP contribution < -0.4 is 4.72 Å². The summed E-state index contributed by atoms with van der Waals surface area (Å²) in [5, 5.41) is 0. The number of nitrogens with one attached hydrogen (secondary N) is 1. The predicted molar refractivity (Wildman–Crippen MR) is 95.6 cm³/mol. The second-order valence-electron chi connectivity index (χ2n) is 6.40. The van der Waals surface area contributed by atoms with Crippen molar-refractivity contribution in [3.63, 3.8) is 0 Å². The van der Waals surface area contributed by atoms with Crippen molar-refractivity contribution in [3.8, 4) is 0 Å². The molecule has 1 N–H and O–H groups in total. The summed E-state index contributed by atoms with van der Waals surface area (Å²) in [7, 11) is -3.40. The van der Waals surface area contributed by atoms with Crippen LogP contribution in [-0.4, -0.2) is 8.42 Å². The molecule has 0 amide bonds. The van der Waals surface area contributed by atoms with E-state index in [1.807, 2.05) is 61.5 Å². The summed E-state index contributed by atoms with van der Waals surface area (Å²) in [5.74, 6) is 0.419. The van der Waals surface area contributed by atoms with Gasteiger partial charge in [0.15, 0.2) is 0 Å². The quantitative estimate of drug-likeness (QED) is 0.826. The molecule has 0 saturated heterocycles. The van der Waals surface area contributed by atoms with Crippen LogP contribution in [0.1, 0.15) is 43.0 Å². The van der Waals surface area contributed by atoms with Crippen molar-refractivity contribution >= 4 is 10.0 Å². The van der Waals surface area contributed by atoms with Gasteiger partial charge in [0.25, 0.3) is 0 Å². The van der Waals surface area contributed by atoms with Gasteiger partial charge in [-0.15, -0.1) is 0 Å². The SMILES string of the molecule is Cc1ccccc1CS(=O)(=O)NC(CC(C)C)c1ccccc1. The van der Waals surface area contributed by atoms with Crippen LogP contribution in [0.15, 0.2) is 54.6 Å². The lowest BCUT2D eigenvalue weighted by atomic mass is 9.98. The van der Waals surface area contributed by atoms with Crippen LogP contribution in [0.5, 0.6) is 0 Å². The van der Waals surface area contributed by atoms with Gasteiger partial charge in [-0.3, -0.25) is 0 Å². The Morgan fingerprint density at radius 2 is 1.57 bits per heavy atom. The molecule has 0 aromatic heterocycles. The molecule has 0 aliphatic carbocycles.